The minimum Gasteiger partial charge on any atom is -0.351 e. The van der Waals surface area contributed by atoms with Crippen molar-refractivity contribution in [2.75, 3.05) is 5.75 Å². The highest BCUT2D eigenvalue weighted by atomic mass is 32.2. The average Bonchev–Trinajstić information content (AvgIpc) is 2.52. The van der Waals surface area contributed by atoms with Crippen LogP contribution in [0.1, 0.15) is 37.3 Å². The van der Waals surface area contributed by atoms with E-state index >= 15 is 0 Å². The maximum atomic E-state index is 11.9. The normalized spacial score (nSPS) is 20.9. The summed E-state index contributed by atoms with van der Waals surface area (Å²) in [5.74, 6) is 0.354. The lowest BCUT2D eigenvalue weighted by molar-refractivity contribution is -0.123. The molecular weight excluding hydrogens is 310 g/mol. The minimum absolute atomic E-state index is 0.0239. The number of nitrogens with one attached hydrogen (secondary N) is 3. The Labute approximate surface area is 142 Å². The number of thioether (sulfide) groups is 1. The predicted molar refractivity (Wildman–Crippen MR) is 93.9 cm³/mol. The third kappa shape index (κ3) is 6.23. The lowest BCUT2D eigenvalue weighted by Gasteiger charge is -2.30. The maximum absolute atomic E-state index is 11.9. The standard InChI is InChI=1S/C17H25N3O2S/c1-3-4-14-9-15(21)20-17(19-14)23-11-16(22)18-10-13-7-5-12(2)6-8-13/h5-8,14,17,19H,3-4,9-11H2,1-2H3,(H,18,22)(H,20,21). The molecule has 0 radical (unpaired) electrons. The molecule has 1 heterocycles. The largest absolute Gasteiger partial charge is 0.351 e. The van der Waals surface area contributed by atoms with Gasteiger partial charge in [0.05, 0.1) is 5.75 Å². The second-order valence-corrected chi connectivity index (χ2v) is 6.97. The molecule has 1 fully saturated rings. The summed E-state index contributed by atoms with van der Waals surface area (Å²) >= 11 is 1.42. The van der Waals surface area contributed by atoms with E-state index in [9.17, 15) is 9.59 Å². The summed E-state index contributed by atoms with van der Waals surface area (Å²) in [5, 5.41) is 9.15. The second-order valence-electron chi connectivity index (χ2n) is 5.88. The highest BCUT2D eigenvalue weighted by Gasteiger charge is 2.25. The van der Waals surface area contributed by atoms with Crippen molar-refractivity contribution in [3.63, 3.8) is 0 Å². The molecule has 6 heteroatoms. The number of rotatable bonds is 7. The molecule has 1 aromatic carbocycles. The fourth-order valence-electron chi connectivity index (χ4n) is 2.48. The molecule has 5 nitrogen and oxygen atoms in total. The predicted octanol–water partition coefficient (Wildman–Crippen LogP) is 1.91. The number of hydrogen-bond donors (Lipinski definition) is 3. The van der Waals surface area contributed by atoms with Crippen LogP contribution in [-0.4, -0.2) is 29.1 Å². The van der Waals surface area contributed by atoms with E-state index in [1.54, 1.807) is 0 Å². The van der Waals surface area contributed by atoms with Crippen LogP contribution in [0.15, 0.2) is 24.3 Å². The van der Waals surface area contributed by atoms with E-state index in [1.165, 1.54) is 17.3 Å². The zero-order valence-electron chi connectivity index (χ0n) is 13.7. The van der Waals surface area contributed by atoms with Crippen molar-refractivity contribution in [2.45, 2.75) is 51.2 Å². The van der Waals surface area contributed by atoms with E-state index in [2.05, 4.69) is 22.9 Å². The number of benzene rings is 1. The highest BCUT2D eigenvalue weighted by Crippen LogP contribution is 2.14. The number of carbonyl (C=O) groups excluding carboxylic acids is 2. The van der Waals surface area contributed by atoms with Crippen molar-refractivity contribution in [1.82, 2.24) is 16.0 Å². The van der Waals surface area contributed by atoms with Gasteiger partial charge in [-0.2, -0.15) is 0 Å². The van der Waals surface area contributed by atoms with Gasteiger partial charge in [0.15, 0.2) is 0 Å². The molecule has 2 unspecified atom stereocenters. The Morgan fingerprint density at radius 2 is 2.09 bits per heavy atom. The maximum Gasteiger partial charge on any atom is 0.230 e. The first-order chi connectivity index (χ1) is 11.1. The molecule has 2 rings (SSSR count). The molecule has 126 valence electrons. The number of aryl methyl sites for hydroxylation is 1. The van der Waals surface area contributed by atoms with Gasteiger partial charge in [0.25, 0.3) is 0 Å². The monoisotopic (exact) mass is 335 g/mol. The van der Waals surface area contributed by atoms with Crippen LogP contribution in [0.3, 0.4) is 0 Å². The van der Waals surface area contributed by atoms with Gasteiger partial charge in [-0.15, -0.1) is 11.8 Å². The van der Waals surface area contributed by atoms with Crippen LogP contribution in [0.2, 0.25) is 0 Å². The third-order valence-electron chi connectivity index (χ3n) is 3.74. The lowest BCUT2D eigenvalue weighted by atomic mass is 10.1. The fraction of sp³-hybridized carbons (Fsp3) is 0.529. The van der Waals surface area contributed by atoms with E-state index in [0.717, 1.165) is 18.4 Å². The van der Waals surface area contributed by atoms with Gasteiger partial charge in [-0.05, 0) is 18.9 Å². The van der Waals surface area contributed by atoms with Crippen molar-refractivity contribution in [3.8, 4) is 0 Å². The SMILES string of the molecule is CCCC1CC(=O)NC(SCC(=O)NCc2ccc(C)cc2)N1. The van der Waals surface area contributed by atoms with Gasteiger partial charge in [0.1, 0.15) is 5.50 Å². The van der Waals surface area contributed by atoms with Crippen LogP contribution in [0.5, 0.6) is 0 Å². The molecule has 1 aromatic rings. The Balaban J connectivity index is 1.71. The van der Waals surface area contributed by atoms with Crippen molar-refractivity contribution in [3.05, 3.63) is 35.4 Å². The van der Waals surface area contributed by atoms with Crippen molar-refractivity contribution >= 4 is 23.6 Å². The fourth-order valence-corrected chi connectivity index (χ4v) is 3.41. The van der Waals surface area contributed by atoms with E-state index in [-0.39, 0.29) is 23.4 Å². The summed E-state index contributed by atoms with van der Waals surface area (Å²) in [5.41, 5.74) is 2.11. The molecule has 0 spiro atoms. The summed E-state index contributed by atoms with van der Waals surface area (Å²) in [6.07, 6.45) is 2.54. The highest BCUT2D eigenvalue weighted by molar-refractivity contribution is 8.00. The van der Waals surface area contributed by atoms with Crippen molar-refractivity contribution < 1.29 is 9.59 Å². The quantitative estimate of drug-likeness (QED) is 0.712. The second kappa shape index (κ2) is 8.93. The van der Waals surface area contributed by atoms with Gasteiger partial charge < -0.3 is 10.6 Å². The first-order valence-electron chi connectivity index (χ1n) is 8.06. The summed E-state index contributed by atoms with van der Waals surface area (Å²) in [6.45, 7) is 4.67. The molecule has 3 N–H and O–H groups in total. The van der Waals surface area contributed by atoms with Gasteiger partial charge in [-0.1, -0.05) is 43.2 Å². The zero-order chi connectivity index (χ0) is 16.7. The summed E-state index contributed by atoms with van der Waals surface area (Å²) in [7, 11) is 0. The van der Waals surface area contributed by atoms with Crippen LogP contribution in [0.25, 0.3) is 0 Å². The van der Waals surface area contributed by atoms with E-state index in [0.29, 0.717) is 18.7 Å². The first kappa shape index (κ1) is 17.8. The van der Waals surface area contributed by atoms with E-state index < -0.39 is 0 Å². The Bertz CT molecular complexity index is 533. The molecule has 0 saturated carbocycles. The summed E-state index contributed by atoms with van der Waals surface area (Å²) < 4.78 is 0. The van der Waals surface area contributed by atoms with Gasteiger partial charge in [0, 0.05) is 19.0 Å². The zero-order valence-corrected chi connectivity index (χ0v) is 14.5. The molecule has 23 heavy (non-hydrogen) atoms. The number of amides is 2. The Kier molecular flexibility index (Phi) is 6.92. The summed E-state index contributed by atoms with van der Waals surface area (Å²) in [4.78, 5) is 23.6. The molecule has 0 aliphatic carbocycles. The average molecular weight is 335 g/mol. The van der Waals surface area contributed by atoms with Crippen LogP contribution in [0, 0.1) is 6.92 Å². The first-order valence-corrected chi connectivity index (χ1v) is 9.11. The third-order valence-corrected chi connectivity index (χ3v) is 4.76. The lowest BCUT2D eigenvalue weighted by Crippen LogP contribution is -2.55. The molecule has 0 bridgehead atoms. The smallest absolute Gasteiger partial charge is 0.230 e. The summed E-state index contributed by atoms with van der Waals surface area (Å²) in [6, 6.07) is 8.31. The van der Waals surface area contributed by atoms with Crippen molar-refractivity contribution in [1.29, 1.82) is 0 Å². The Morgan fingerprint density at radius 1 is 1.35 bits per heavy atom. The van der Waals surface area contributed by atoms with Gasteiger partial charge in [-0.25, -0.2) is 0 Å². The molecule has 1 saturated heterocycles. The van der Waals surface area contributed by atoms with Gasteiger partial charge in [0.2, 0.25) is 11.8 Å². The van der Waals surface area contributed by atoms with Crippen LogP contribution in [0.4, 0.5) is 0 Å². The number of carbonyl (C=O) groups is 2. The van der Waals surface area contributed by atoms with Gasteiger partial charge >= 0.3 is 0 Å². The van der Waals surface area contributed by atoms with E-state index in [4.69, 9.17) is 0 Å². The molecule has 1 aliphatic rings. The molecule has 0 aromatic heterocycles. The van der Waals surface area contributed by atoms with Crippen molar-refractivity contribution in [2.24, 2.45) is 0 Å². The van der Waals surface area contributed by atoms with E-state index in [1.807, 2.05) is 31.2 Å². The molecule has 2 atom stereocenters. The number of hydrogen-bond acceptors (Lipinski definition) is 4. The molecule has 2 amide bonds. The molecule has 1 aliphatic heterocycles. The molecular formula is C17H25N3O2S. The van der Waals surface area contributed by atoms with Gasteiger partial charge in [-0.3, -0.25) is 14.9 Å². The van der Waals surface area contributed by atoms with Crippen LogP contribution < -0.4 is 16.0 Å². The Hall–Kier alpha value is -1.53. The van der Waals surface area contributed by atoms with Crippen LogP contribution >= 0.6 is 11.8 Å². The van der Waals surface area contributed by atoms with Crippen LogP contribution in [-0.2, 0) is 16.1 Å². The minimum atomic E-state index is -0.182. The topological polar surface area (TPSA) is 70.2 Å². The Morgan fingerprint density at radius 3 is 2.78 bits per heavy atom.